The number of rotatable bonds is 5. The Morgan fingerprint density at radius 1 is 1.08 bits per heavy atom. The van der Waals surface area contributed by atoms with Gasteiger partial charge in [-0.25, -0.2) is 4.39 Å². The molecule has 1 aliphatic rings. The molecule has 0 bridgehead atoms. The summed E-state index contributed by atoms with van der Waals surface area (Å²) < 4.78 is 12.9. The van der Waals surface area contributed by atoms with Crippen molar-refractivity contribution in [3.8, 4) is 0 Å². The summed E-state index contributed by atoms with van der Waals surface area (Å²) in [5, 5.41) is 5.54. The first kappa shape index (κ1) is 17.1. The van der Waals surface area contributed by atoms with Crippen molar-refractivity contribution in [2.24, 2.45) is 5.92 Å². The minimum Gasteiger partial charge on any atom is -0.347 e. The fourth-order valence-electron chi connectivity index (χ4n) is 3.06. The Labute approximate surface area is 146 Å². The van der Waals surface area contributed by atoms with E-state index >= 15 is 0 Å². The van der Waals surface area contributed by atoms with E-state index in [0.29, 0.717) is 0 Å². The molecule has 5 heteroatoms. The zero-order valence-corrected chi connectivity index (χ0v) is 14.3. The van der Waals surface area contributed by atoms with Crippen LogP contribution in [0.15, 0.2) is 42.5 Å². The summed E-state index contributed by atoms with van der Waals surface area (Å²) in [6.45, 7) is 3.80. The molecule has 2 N–H and O–H groups in total. The number of aryl methyl sites for hydroxylation is 2. The first-order valence-electron chi connectivity index (χ1n) is 8.35. The van der Waals surface area contributed by atoms with Crippen molar-refractivity contribution in [2.45, 2.75) is 26.2 Å². The van der Waals surface area contributed by atoms with E-state index in [-0.39, 0.29) is 36.0 Å². The number of halogens is 1. The van der Waals surface area contributed by atoms with Crippen LogP contribution in [0, 0.1) is 25.6 Å². The molecule has 1 saturated carbocycles. The van der Waals surface area contributed by atoms with Crippen molar-refractivity contribution in [3.63, 3.8) is 0 Å². The number of hydrogen-bond acceptors (Lipinski definition) is 2. The highest BCUT2D eigenvalue weighted by molar-refractivity contribution is 5.96. The predicted octanol–water partition coefficient (Wildman–Crippen LogP) is 3.30. The first-order chi connectivity index (χ1) is 12.0. The molecule has 0 aliphatic heterocycles. The van der Waals surface area contributed by atoms with E-state index < -0.39 is 0 Å². The topological polar surface area (TPSA) is 58.2 Å². The third-order valence-corrected chi connectivity index (χ3v) is 4.59. The van der Waals surface area contributed by atoms with Gasteiger partial charge in [-0.1, -0.05) is 30.3 Å². The number of benzene rings is 2. The van der Waals surface area contributed by atoms with Crippen LogP contribution < -0.4 is 10.6 Å². The van der Waals surface area contributed by atoms with Gasteiger partial charge in [0.1, 0.15) is 5.82 Å². The molecule has 0 spiro atoms. The molecule has 0 aromatic heterocycles. The maximum absolute atomic E-state index is 12.9. The summed E-state index contributed by atoms with van der Waals surface area (Å²) in [7, 11) is 0. The number of carbonyl (C=O) groups excluding carboxylic acids is 2. The van der Waals surface area contributed by atoms with Crippen LogP contribution in [0.3, 0.4) is 0 Å². The lowest BCUT2D eigenvalue weighted by atomic mass is 10.1. The number of nitrogens with one attached hydrogen (secondary N) is 2. The summed E-state index contributed by atoms with van der Waals surface area (Å²) in [5.74, 6) is -0.690. The molecule has 2 atom stereocenters. The van der Waals surface area contributed by atoms with E-state index in [0.717, 1.165) is 28.8 Å². The second kappa shape index (κ2) is 7.05. The minimum absolute atomic E-state index is 0.0563. The molecule has 1 aliphatic carbocycles. The maximum atomic E-state index is 12.9. The molecule has 1 fully saturated rings. The van der Waals surface area contributed by atoms with E-state index in [1.165, 1.54) is 12.1 Å². The quantitative estimate of drug-likeness (QED) is 0.877. The van der Waals surface area contributed by atoms with Crippen molar-refractivity contribution < 1.29 is 14.0 Å². The van der Waals surface area contributed by atoms with Gasteiger partial charge in [-0.2, -0.15) is 0 Å². The maximum Gasteiger partial charge on any atom is 0.243 e. The van der Waals surface area contributed by atoms with Crippen molar-refractivity contribution in [1.29, 1.82) is 0 Å². The summed E-state index contributed by atoms with van der Waals surface area (Å²) in [5.41, 5.74) is 3.72. The van der Waals surface area contributed by atoms with Crippen LogP contribution in [-0.4, -0.2) is 18.4 Å². The zero-order valence-electron chi connectivity index (χ0n) is 14.3. The van der Waals surface area contributed by atoms with Gasteiger partial charge in [-0.05, 0) is 55.0 Å². The lowest BCUT2D eigenvalue weighted by Crippen LogP contribution is -2.34. The first-order valence-corrected chi connectivity index (χ1v) is 8.35. The molecular weight excluding hydrogens is 319 g/mol. The monoisotopic (exact) mass is 340 g/mol. The third kappa shape index (κ3) is 4.05. The summed E-state index contributed by atoms with van der Waals surface area (Å²) in [6.07, 6.45) is 0.732. The van der Waals surface area contributed by atoms with Crippen molar-refractivity contribution in [2.75, 3.05) is 11.9 Å². The van der Waals surface area contributed by atoms with Gasteiger partial charge >= 0.3 is 0 Å². The summed E-state index contributed by atoms with van der Waals surface area (Å²) in [4.78, 5) is 24.3. The van der Waals surface area contributed by atoms with Crippen LogP contribution in [0.5, 0.6) is 0 Å². The van der Waals surface area contributed by atoms with Gasteiger partial charge < -0.3 is 10.6 Å². The number of anilines is 1. The normalized spacial score (nSPS) is 18.5. The van der Waals surface area contributed by atoms with Crippen LogP contribution in [0.25, 0.3) is 0 Å². The Kier molecular flexibility index (Phi) is 4.83. The Balaban J connectivity index is 1.50. The van der Waals surface area contributed by atoms with E-state index in [4.69, 9.17) is 0 Å². The fourth-order valence-corrected chi connectivity index (χ4v) is 3.06. The van der Waals surface area contributed by atoms with E-state index in [1.54, 1.807) is 12.1 Å². The number of para-hydroxylation sites is 1. The van der Waals surface area contributed by atoms with Crippen LogP contribution >= 0.6 is 0 Å². The second-order valence-corrected chi connectivity index (χ2v) is 6.53. The Morgan fingerprint density at radius 2 is 1.72 bits per heavy atom. The molecule has 4 nitrogen and oxygen atoms in total. The SMILES string of the molecule is Cc1cccc(C)c1NC(=O)CNC(=O)C1CC1c1ccc(F)cc1. The van der Waals surface area contributed by atoms with Gasteiger partial charge in [-0.15, -0.1) is 0 Å². The van der Waals surface area contributed by atoms with Gasteiger partial charge in [0.2, 0.25) is 11.8 Å². The highest BCUT2D eigenvalue weighted by atomic mass is 19.1. The Hall–Kier alpha value is -2.69. The number of carbonyl (C=O) groups is 2. The van der Waals surface area contributed by atoms with Crippen LogP contribution in [-0.2, 0) is 9.59 Å². The average molecular weight is 340 g/mol. The van der Waals surface area contributed by atoms with E-state index in [9.17, 15) is 14.0 Å². The van der Waals surface area contributed by atoms with Gasteiger partial charge in [0.15, 0.2) is 0 Å². The zero-order chi connectivity index (χ0) is 18.0. The Morgan fingerprint density at radius 3 is 2.36 bits per heavy atom. The standard InChI is InChI=1S/C20H21FN2O2/c1-12-4-3-5-13(2)19(12)23-18(24)11-22-20(25)17-10-16(17)14-6-8-15(21)9-7-14/h3-9,16-17H,10-11H2,1-2H3,(H,22,25)(H,23,24). The van der Waals surface area contributed by atoms with Crippen molar-refractivity contribution >= 4 is 17.5 Å². The van der Waals surface area contributed by atoms with Crippen molar-refractivity contribution in [1.82, 2.24) is 5.32 Å². The number of hydrogen-bond donors (Lipinski definition) is 2. The molecule has 0 radical (unpaired) electrons. The second-order valence-electron chi connectivity index (χ2n) is 6.53. The summed E-state index contributed by atoms with van der Waals surface area (Å²) in [6, 6.07) is 12.0. The summed E-state index contributed by atoms with van der Waals surface area (Å²) >= 11 is 0. The minimum atomic E-state index is -0.284. The van der Waals surface area contributed by atoms with E-state index in [2.05, 4.69) is 10.6 Å². The van der Waals surface area contributed by atoms with Crippen LogP contribution in [0.2, 0.25) is 0 Å². The van der Waals surface area contributed by atoms with Gasteiger partial charge in [-0.3, -0.25) is 9.59 Å². The molecule has 2 aromatic rings. The third-order valence-electron chi connectivity index (χ3n) is 4.59. The molecule has 25 heavy (non-hydrogen) atoms. The van der Waals surface area contributed by atoms with Gasteiger partial charge in [0, 0.05) is 11.6 Å². The molecule has 0 saturated heterocycles. The largest absolute Gasteiger partial charge is 0.347 e. The molecule has 0 heterocycles. The molecule has 2 amide bonds. The van der Waals surface area contributed by atoms with Gasteiger partial charge in [0.25, 0.3) is 0 Å². The predicted molar refractivity (Wildman–Crippen MR) is 94.8 cm³/mol. The Bertz CT molecular complexity index is 782. The van der Waals surface area contributed by atoms with Crippen LogP contribution in [0.4, 0.5) is 10.1 Å². The lowest BCUT2D eigenvalue weighted by molar-refractivity contribution is -0.125. The fraction of sp³-hybridized carbons (Fsp3) is 0.300. The average Bonchev–Trinajstić information content (AvgIpc) is 3.37. The highest BCUT2D eigenvalue weighted by Gasteiger charge is 2.43. The smallest absolute Gasteiger partial charge is 0.243 e. The molecule has 2 unspecified atom stereocenters. The lowest BCUT2D eigenvalue weighted by Gasteiger charge is -2.12. The highest BCUT2D eigenvalue weighted by Crippen LogP contribution is 2.47. The molecular formula is C20H21FN2O2. The molecule has 130 valence electrons. The van der Waals surface area contributed by atoms with Crippen LogP contribution in [0.1, 0.15) is 29.0 Å². The molecule has 2 aromatic carbocycles. The molecule has 3 rings (SSSR count). The number of amides is 2. The van der Waals surface area contributed by atoms with Gasteiger partial charge in [0.05, 0.1) is 6.54 Å². The van der Waals surface area contributed by atoms with E-state index in [1.807, 2.05) is 32.0 Å². The van der Waals surface area contributed by atoms with Crippen molar-refractivity contribution in [3.05, 3.63) is 65.0 Å².